The number of ether oxygens (including phenoxy) is 2. The van der Waals surface area contributed by atoms with Gasteiger partial charge in [0.2, 0.25) is 0 Å². The van der Waals surface area contributed by atoms with Crippen LogP contribution >= 0.6 is 0 Å². The van der Waals surface area contributed by atoms with Crippen molar-refractivity contribution in [3.8, 4) is 5.75 Å². The van der Waals surface area contributed by atoms with Crippen molar-refractivity contribution >= 4 is 21.9 Å². The van der Waals surface area contributed by atoms with E-state index in [4.69, 9.17) is 18.3 Å². The smallest absolute Gasteiger partial charge is 0.336 e. The predicted molar refractivity (Wildman–Crippen MR) is 76.7 cm³/mol. The summed E-state index contributed by atoms with van der Waals surface area (Å²) in [7, 11) is 0. The van der Waals surface area contributed by atoms with Crippen LogP contribution < -0.4 is 10.4 Å². The van der Waals surface area contributed by atoms with Crippen LogP contribution in [0, 0.1) is 0 Å². The standard InChI is InChI=1S/C16H14O5/c1-16(2)13(21-16)8-19-15-9-3-4-14(17)20-12(9)7-11-10(15)5-6-18-11/h3-7,13H,8H2,1-2H3/t13-/m0/s1. The Kier molecular flexibility index (Phi) is 2.44. The molecule has 1 fully saturated rings. The lowest BCUT2D eigenvalue weighted by Crippen LogP contribution is -2.12. The molecule has 5 heteroatoms. The molecule has 3 heterocycles. The lowest BCUT2D eigenvalue weighted by atomic mass is 10.1. The molecule has 21 heavy (non-hydrogen) atoms. The second-order valence-electron chi connectivity index (χ2n) is 5.73. The molecule has 2 aromatic heterocycles. The quantitative estimate of drug-likeness (QED) is 0.547. The number of rotatable bonds is 3. The summed E-state index contributed by atoms with van der Waals surface area (Å²) in [6.07, 6.45) is 1.66. The summed E-state index contributed by atoms with van der Waals surface area (Å²) >= 11 is 0. The van der Waals surface area contributed by atoms with Crippen molar-refractivity contribution in [3.05, 3.63) is 40.9 Å². The first kappa shape index (κ1) is 12.5. The molecule has 1 aromatic carbocycles. The normalized spacial score (nSPS) is 20.0. The number of hydrogen-bond donors (Lipinski definition) is 0. The van der Waals surface area contributed by atoms with Crippen LogP contribution in [0.25, 0.3) is 21.9 Å². The van der Waals surface area contributed by atoms with E-state index >= 15 is 0 Å². The molecule has 108 valence electrons. The molecule has 1 aliphatic rings. The van der Waals surface area contributed by atoms with Gasteiger partial charge in [-0.25, -0.2) is 4.79 Å². The van der Waals surface area contributed by atoms with Crippen molar-refractivity contribution in [1.29, 1.82) is 0 Å². The van der Waals surface area contributed by atoms with E-state index in [0.717, 1.165) is 10.8 Å². The Morgan fingerprint density at radius 3 is 2.71 bits per heavy atom. The molecular weight excluding hydrogens is 272 g/mol. The number of fused-ring (bicyclic) bond motifs is 2. The van der Waals surface area contributed by atoms with Gasteiger partial charge >= 0.3 is 5.63 Å². The van der Waals surface area contributed by atoms with Gasteiger partial charge in [0.1, 0.15) is 29.6 Å². The molecule has 0 N–H and O–H groups in total. The van der Waals surface area contributed by atoms with Crippen molar-refractivity contribution in [2.24, 2.45) is 0 Å². The zero-order valence-electron chi connectivity index (χ0n) is 11.7. The van der Waals surface area contributed by atoms with E-state index in [1.165, 1.54) is 6.07 Å². The van der Waals surface area contributed by atoms with Crippen LogP contribution in [0.15, 0.2) is 44.2 Å². The summed E-state index contributed by atoms with van der Waals surface area (Å²) in [5.74, 6) is 0.659. The van der Waals surface area contributed by atoms with Gasteiger partial charge in [-0.05, 0) is 26.0 Å². The maximum Gasteiger partial charge on any atom is 0.336 e. The first-order chi connectivity index (χ1) is 10.0. The lowest BCUT2D eigenvalue weighted by Gasteiger charge is -2.09. The molecule has 0 bridgehead atoms. The lowest BCUT2D eigenvalue weighted by molar-refractivity contribution is 0.258. The number of furan rings is 1. The van der Waals surface area contributed by atoms with Gasteiger partial charge in [0.25, 0.3) is 0 Å². The summed E-state index contributed by atoms with van der Waals surface area (Å²) in [5.41, 5.74) is 0.553. The minimum atomic E-state index is -0.397. The minimum absolute atomic E-state index is 0.0745. The van der Waals surface area contributed by atoms with Crippen molar-refractivity contribution in [1.82, 2.24) is 0 Å². The molecule has 0 radical (unpaired) electrons. The third kappa shape index (κ3) is 2.01. The molecule has 1 aliphatic heterocycles. The van der Waals surface area contributed by atoms with Gasteiger partial charge in [0.15, 0.2) is 0 Å². The zero-order chi connectivity index (χ0) is 14.6. The summed E-state index contributed by atoms with van der Waals surface area (Å²) in [5, 5.41) is 1.61. The SMILES string of the molecule is CC1(C)O[C@H]1COc1c2ccoc2cc2oc(=O)ccc12. The van der Waals surface area contributed by atoms with Crippen molar-refractivity contribution in [3.63, 3.8) is 0 Å². The molecule has 5 nitrogen and oxygen atoms in total. The van der Waals surface area contributed by atoms with E-state index in [9.17, 15) is 4.79 Å². The van der Waals surface area contributed by atoms with E-state index in [-0.39, 0.29) is 11.7 Å². The fourth-order valence-corrected chi connectivity index (χ4v) is 2.49. The second-order valence-corrected chi connectivity index (χ2v) is 5.73. The fourth-order valence-electron chi connectivity index (χ4n) is 2.49. The Bertz CT molecular complexity index is 886. The van der Waals surface area contributed by atoms with Crippen LogP contribution in [0.2, 0.25) is 0 Å². The van der Waals surface area contributed by atoms with Crippen molar-refractivity contribution < 1.29 is 18.3 Å². The van der Waals surface area contributed by atoms with Gasteiger partial charge in [-0.15, -0.1) is 0 Å². The van der Waals surface area contributed by atoms with Gasteiger partial charge < -0.3 is 18.3 Å². The summed E-state index contributed by atoms with van der Waals surface area (Å²) in [4.78, 5) is 11.4. The summed E-state index contributed by atoms with van der Waals surface area (Å²) in [6.45, 7) is 4.50. The third-order valence-corrected chi connectivity index (χ3v) is 3.85. The molecule has 0 spiro atoms. The van der Waals surface area contributed by atoms with E-state index in [1.807, 2.05) is 19.9 Å². The summed E-state index contributed by atoms with van der Waals surface area (Å²) < 4.78 is 22.1. The molecule has 0 aliphatic carbocycles. The number of hydrogen-bond acceptors (Lipinski definition) is 5. The Balaban J connectivity index is 1.82. The van der Waals surface area contributed by atoms with Crippen LogP contribution in [-0.2, 0) is 4.74 Å². The Morgan fingerprint density at radius 1 is 1.19 bits per heavy atom. The molecule has 1 atom stereocenters. The highest BCUT2D eigenvalue weighted by Crippen LogP contribution is 2.38. The topological polar surface area (TPSA) is 65.1 Å². The van der Waals surface area contributed by atoms with Crippen molar-refractivity contribution in [2.75, 3.05) is 6.61 Å². The minimum Gasteiger partial charge on any atom is -0.489 e. The van der Waals surface area contributed by atoms with Gasteiger partial charge in [-0.2, -0.15) is 0 Å². The molecule has 1 saturated heterocycles. The predicted octanol–water partition coefficient (Wildman–Crippen LogP) is 3.10. The van der Waals surface area contributed by atoms with E-state index < -0.39 is 5.63 Å². The summed E-state index contributed by atoms with van der Waals surface area (Å²) in [6, 6.07) is 6.64. The van der Waals surface area contributed by atoms with Crippen molar-refractivity contribution in [2.45, 2.75) is 25.6 Å². The van der Waals surface area contributed by atoms with Gasteiger partial charge in [0.05, 0.1) is 22.6 Å². The highest BCUT2D eigenvalue weighted by Gasteiger charge is 2.48. The Labute approximate surface area is 120 Å². The van der Waals surface area contributed by atoms with Crippen LogP contribution in [0.5, 0.6) is 5.75 Å². The Hall–Kier alpha value is -2.27. The van der Waals surface area contributed by atoms with Crippen LogP contribution in [0.4, 0.5) is 0 Å². The van der Waals surface area contributed by atoms with Crippen LogP contribution in [0.3, 0.4) is 0 Å². The number of benzene rings is 1. The van der Waals surface area contributed by atoms with Gasteiger partial charge in [-0.3, -0.25) is 0 Å². The third-order valence-electron chi connectivity index (χ3n) is 3.85. The zero-order valence-corrected chi connectivity index (χ0v) is 11.7. The van der Waals surface area contributed by atoms with E-state index in [1.54, 1.807) is 18.4 Å². The highest BCUT2D eigenvalue weighted by atomic mass is 16.6. The monoisotopic (exact) mass is 286 g/mol. The average Bonchev–Trinajstić information content (AvgIpc) is 2.84. The van der Waals surface area contributed by atoms with Gasteiger partial charge in [0, 0.05) is 12.1 Å². The molecule has 3 aromatic rings. The first-order valence-corrected chi connectivity index (χ1v) is 6.79. The molecule has 4 rings (SSSR count). The van der Waals surface area contributed by atoms with E-state index in [0.29, 0.717) is 23.5 Å². The Morgan fingerprint density at radius 2 is 1.95 bits per heavy atom. The van der Waals surface area contributed by atoms with Crippen LogP contribution in [0.1, 0.15) is 13.8 Å². The molecule has 0 saturated carbocycles. The average molecular weight is 286 g/mol. The fraction of sp³-hybridized carbons (Fsp3) is 0.312. The largest absolute Gasteiger partial charge is 0.489 e. The maximum absolute atomic E-state index is 11.4. The first-order valence-electron chi connectivity index (χ1n) is 6.79. The second kappa shape index (κ2) is 4.11. The highest BCUT2D eigenvalue weighted by molar-refractivity contribution is 6.01. The molecular formula is C16H14O5. The van der Waals surface area contributed by atoms with Gasteiger partial charge in [-0.1, -0.05) is 0 Å². The van der Waals surface area contributed by atoms with E-state index in [2.05, 4.69) is 0 Å². The molecule has 0 amide bonds. The number of epoxide rings is 1. The maximum atomic E-state index is 11.4. The van der Waals surface area contributed by atoms with Crippen LogP contribution in [-0.4, -0.2) is 18.3 Å². The molecule has 0 unspecified atom stereocenters.